The van der Waals surface area contributed by atoms with Gasteiger partial charge in [0.05, 0.1) is 27.0 Å². The van der Waals surface area contributed by atoms with E-state index in [-0.39, 0.29) is 16.9 Å². The summed E-state index contributed by atoms with van der Waals surface area (Å²) in [6, 6.07) is 13.0. The predicted octanol–water partition coefficient (Wildman–Crippen LogP) is 4.84. The largest absolute Gasteiger partial charge is 0.303 e. The Hall–Kier alpha value is -2.50. The number of rotatable bonds is 3. The molecule has 6 rings (SSSR count). The summed E-state index contributed by atoms with van der Waals surface area (Å²) in [5.41, 5.74) is 3.87. The Bertz CT molecular complexity index is 1330. The molecular weight excluding hydrogens is 434 g/mol. The zero-order valence-electron chi connectivity index (χ0n) is 19.1. The maximum atomic E-state index is 12.8. The van der Waals surface area contributed by atoms with E-state index in [1.54, 1.807) is 6.07 Å². The molecule has 0 spiro atoms. The number of fused-ring (bicyclic) bond motifs is 5. The summed E-state index contributed by atoms with van der Waals surface area (Å²) in [6.45, 7) is 6.50. The Morgan fingerprint density at radius 2 is 1.88 bits per heavy atom. The first kappa shape index (κ1) is 21.1. The lowest BCUT2D eigenvalue weighted by molar-refractivity contribution is -0.115. The average molecular weight is 462 g/mol. The van der Waals surface area contributed by atoms with Crippen molar-refractivity contribution in [1.82, 2.24) is 14.5 Å². The van der Waals surface area contributed by atoms with Crippen LogP contribution < -0.4 is 5.56 Å². The van der Waals surface area contributed by atoms with Gasteiger partial charge in [-0.05, 0) is 87.9 Å². The second-order valence-corrected chi connectivity index (χ2v) is 10.9. The highest BCUT2D eigenvalue weighted by Crippen LogP contribution is 2.45. The van der Waals surface area contributed by atoms with Gasteiger partial charge in [-0.3, -0.25) is 9.36 Å². The second-order valence-electron chi connectivity index (χ2n) is 10.4. The van der Waals surface area contributed by atoms with Crippen molar-refractivity contribution in [2.75, 3.05) is 13.1 Å². The van der Waals surface area contributed by atoms with Gasteiger partial charge in [0.25, 0.3) is 5.56 Å². The zero-order valence-corrected chi connectivity index (χ0v) is 19.8. The molecular formula is C27H28ClN3O2. The minimum Gasteiger partial charge on any atom is -0.303 e. The Labute approximate surface area is 198 Å². The first-order valence-corrected chi connectivity index (χ1v) is 12.3. The van der Waals surface area contributed by atoms with Gasteiger partial charge in [-0.15, -0.1) is 0 Å². The van der Waals surface area contributed by atoms with Crippen LogP contribution in [0.2, 0.25) is 5.02 Å². The molecule has 1 saturated carbocycles. The molecule has 3 aromatic rings. The normalized spacial score (nSPS) is 24.3. The van der Waals surface area contributed by atoms with Crippen LogP contribution in [-0.2, 0) is 10.2 Å². The molecule has 3 heterocycles. The van der Waals surface area contributed by atoms with Gasteiger partial charge in [0.1, 0.15) is 12.1 Å². The van der Waals surface area contributed by atoms with Crippen LogP contribution >= 0.6 is 11.6 Å². The van der Waals surface area contributed by atoms with Gasteiger partial charge >= 0.3 is 0 Å². The maximum absolute atomic E-state index is 12.8. The summed E-state index contributed by atoms with van der Waals surface area (Å²) in [5, 5.41) is 0.927. The van der Waals surface area contributed by atoms with Crippen LogP contribution in [0.4, 0.5) is 0 Å². The third kappa shape index (κ3) is 3.12. The number of hydrogen-bond donors (Lipinski definition) is 0. The molecule has 1 aliphatic carbocycles. The lowest BCUT2D eigenvalue weighted by Gasteiger charge is -2.44. The summed E-state index contributed by atoms with van der Waals surface area (Å²) in [7, 11) is 0. The highest BCUT2D eigenvalue weighted by Gasteiger charge is 2.40. The summed E-state index contributed by atoms with van der Waals surface area (Å²) < 4.78 is 2.12. The van der Waals surface area contributed by atoms with E-state index in [1.807, 2.05) is 12.1 Å². The van der Waals surface area contributed by atoms with Crippen LogP contribution in [0.3, 0.4) is 0 Å². The molecule has 1 saturated heterocycles. The highest BCUT2D eigenvalue weighted by atomic mass is 35.5. The number of carbonyl (C=O) groups is 1. The van der Waals surface area contributed by atoms with Crippen molar-refractivity contribution in [2.45, 2.75) is 56.9 Å². The van der Waals surface area contributed by atoms with Crippen LogP contribution in [0.1, 0.15) is 62.4 Å². The molecule has 5 nitrogen and oxygen atoms in total. The fourth-order valence-electron chi connectivity index (χ4n) is 6.15. The first-order valence-electron chi connectivity index (χ1n) is 11.9. The topological polar surface area (TPSA) is 55.2 Å². The fraction of sp³-hybridized carbons (Fsp3) is 0.444. The number of likely N-dealkylation sites (tertiary alicyclic amines) is 1. The third-order valence-corrected chi connectivity index (χ3v) is 8.53. The van der Waals surface area contributed by atoms with E-state index < -0.39 is 0 Å². The smallest absolute Gasteiger partial charge is 0.282 e. The molecule has 0 amide bonds. The number of hydrogen-bond acceptors (Lipinski definition) is 4. The molecule has 0 N–H and O–H groups in total. The van der Waals surface area contributed by atoms with E-state index in [4.69, 9.17) is 11.6 Å². The molecule has 3 aliphatic rings. The van der Waals surface area contributed by atoms with E-state index in [2.05, 4.69) is 46.5 Å². The predicted molar refractivity (Wildman–Crippen MR) is 131 cm³/mol. The van der Waals surface area contributed by atoms with E-state index in [1.165, 1.54) is 11.1 Å². The molecule has 0 radical (unpaired) electrons. The van der Waals surface area contributed by atoms with Crippen LogP contribution in [0.25, 0.3) is 16.6 Å². The molecule has 2 aliphatic heterocycles. The van der Waals surface area contributed by atoms with Gasteiger partial charge in [-0.2, -0.15) is 4.98 Å². The van der Waals surface area contributed by atoms with Crippen LogP contribution in [0.15, 0.2) is 41.2 Å². The number of aldehydes is 1. The monoisotopic (exact) mass is 461 g/mol. The van der Waals surface area contributed by atoms with Crippen LogP contribution in [0.5, 0.6) is 0 Å². The van der Waals surface area contributed by atoms with Crippen molar-refractivity contribution in [3.8, 4) is 5.69 Å². The number of halogens is 1. The molecule has 0 unspecified atom stereocenters. The number of benzene rings is 2. The first-order chi connectivity index (χ1) is 15.9. The van der Waals surface area contributed by atoms with Gasteiger partial charge in [0, 0.05) is 12.0 Å². The standard InChI is InChI=1S/C27H28ClN3O2/c1-27(2)20-14-18(17-8-10-30(11-9-17)19-12-16(13-19)15-32)6-7-22(20)31-23-5-3-4-21(28)24(23)25(33)29-26(27)31/h3-7,14-17,19H,8-13H2,1-2H3. The van der Waals surface area contributed by atoms with Gasteiger partial charge in [0.2, 0.25) is 0 Å². The molecule has 170 valence electrons. The van der Waals surface area contributed by atoms with Crippen molar-refractivity contribution in [3.05, 3.63) is 68.7 Å². The second kappa shape index (κ2) is 7.51. The minimum atomic E-state index is -0.364. The lowest BCUT2D eigenvalue weighted by atomic mass is 9.78. The van der Waals surface area contributed by atoms with Crippen LogP contribution in [0, 0.1) is 5.92 Å². The Morgan fingerprint density at radius 1 is 1.12 bits per heavy atom. The average Bonchev–Trinajstić information content (AvgIpc) is 3.00. The van der Waals surface area contributed by atoms with E-state index in [0.717, 1.165) is 62.1 Å². The summed E-state index contributed by atoms with van der Waals surface area (Å²) in [5.74, 6) is 1.59. The summed E-state index contributed by atoms with van der Waals surface area (Å²) in [4.78, 5) is 30.9. The van der Waals surface area contributed by atoms with E-state index in [9.17, 15) is 9.59 Å². The summed E-state index contributed by atoms with van der Waals surface area (Å²) >= 11 is 6.38. The molecule has 0 bridgehead atoms. The third-order valence-electron chi connectivity index (χ3n) is 8.22. The molecule has 2 aromatic carbocycles. The fourth-order valence-corrected chi connectivity index (χ4v) is 6.40. The van der Waals surface area contributed by atoms with E-state index in [0.29, 0.717) is 22.4 Å². The zero-order chi connectivity index (χ0) is 22.9. The number of nitrogens with zero attached hydrogens (tertiary/aromatic N) is 3. The Kier molecular flexibility index (Phi) is 4.79. The molecule has 33 heavy (non-hydrogen) atoms. The Balaban J connectivity index is 1.33. The Morgan fingerprint density at radius 3 is 2.61 bits per heavy atom. The van der Waals surface area contributed by atoms with Crippen molar-refractivity contribution in [2.24, 2.45) is 5.92 Å². The molecule has 6 heteroatoms. The van der Waals surface area contributed by atoms with Gasteiger partial charge in [-0.1, -0.05) is 29.8 Å². The molecule has 1 aromatic heterocycles. The van der Waals surface area contributed by atoms with Gasteiger partial charge < -0.3 is 9.69 Å². The van der Waals surface area contributed by atoms with Crippen molar-refractivity contribution >= 4 is 28.8 Å². The molecule has 2 fully saturated rings. The number of piperidine rings is 1. The highest BCUT2D eigenvalue weighted by molar-refractivity contribution is 6.35. The van der Waals surface area contributed by atoms with Gasteiger partial charge in [-0.25, -0.2) is 0 Å². The quantitative estimate of drug-likeness (QED) is 0.524. The van der Waals surface area contributed by atoms with E-state index >= 15 is 0 Å². The number of aromatic nitrogens is 2. The summed E-state index contributed by atoms with van der Waals surface area (Å²) in [6.07, 6.45) is 5.46. The van der Waals surface area contributed by atoms with Crippen molar-refractivity contribution in [3.63, 3.8) is 0 Å². The maximum Gasteiger partial charge on any atom is 0.282 e. The minimum absolute atomic E-state index is 0.261. The van der Waals surface area contributed by atoms with Crippen molar-refractivity contribution in [1.29, 1.82) is 0 Å². The van der Waals surface area contributed by atoms with Crippen molar-refractivity contribution < 1.29 is 4.79 Å². The SMILES string of the molecule is CC1(C)c2cc(C3CCN(C4CC(C=O)C4)CC3)ccc2-n2c1nc(=O)c1c(Cl)cccc12. The van der Waals surface area contributed by atoms with Gasteiger partial charge in [0.15, 0.2) is 0 Å². The molecule has 0 atom stereocenters. The lowest BCUT2D eigenvalue weighted by Crippen LogP contribution is -2.48. The number of carbonyl (C=O) groups excluding carboxylic acids is 1. The van der Waals surface area contributed by atoms with Crippen LogP contribution in [-0.4, -0.2) is 39.9 Å².